The van der Waals surface area contributed by atoms with Crippen LogP contribution in [-0.2, 0) is 76.0 Å². The van der Waals surface area contributed by atoms with Crippen LogP contribution < -0.4 is 15.2 Å². The highest BCUT2D eigenvalue weighted by molar-refractivity contribution is 7.92. The van der Waals surface area contributed by atoms with Gasteiger partial charge in [-0.15, -0.1) is 5.26 Å². The van der Waals surface area contributed by atoms with E-state index in [0.29, 0.717) is 11.4 Å². The molecule has 0 saturated carbocycles. The van der Waals surface area contributed by atoms with Gasteiger partial charge in [-0.3, -0.25) is 14.8 Å². The lowest BCUT2D eigenvalue weighted by molar-refractivity contribution is -0.113. The zero-order valence-electron chi connectivity index (χ0n) is 29.2. The fourth-order valence-corrected chi connectivity index (χ4v) is 9.64. The Hall–Kier alpha value is -4.78. The number of hydrogen-bond acceptors (Lipinski definition) is 11. The molecule has 0 aliphatic heterocycles. The zero-order valence-corrected chi connectivity index (χ0v) is 30.9. The number of nitrogens with two attached hydrogens (primary N) is 1. The fraction of sp³-hybridized carbons (Fsp3) is 0.405. The fourth-order valence-electron chi connectivity index (χ4n) is 7.69. The Morgan fingerprint density at radius 1 is 0.712 bits per heavy atom. The number of nitrogens with one attached hydrogen (secondary N) is 1. The smallest absolute Gasteiger partial charge is 0.292 e. The van der Waals surface area contributed by atoms with E-state index in [1.165, 1.54) is 89.1 Å². The molecule has 0 fully saturated rings. The Morgan fingerprint density at radius 3 is 1.56 bits per heavy atom. The summed E-state index contributed by atoms with van der Waals surface area (Å²) in [5.74, 6) is -0.227. The second kappa shape index (κ2) is 15.4. The van der Waals surface area contributed by atoms with Crippen molar-refractivity contribution in [1.82, 2.24) is 19.9 Å². The molecule has 13 nitrogen and oxygen atoms in total. The number of carbonyl (C=O) groups excluding carboxylic acids is 1. The van der Waals surface area contributed by atoms with E-state index in [0.717, 1.165) is 75.6 Å². The Kier molecular flexibility index (Phi) is 11.0. The maximum atomic E-state index is 12.6. The zero-order chi connectivity index (χ0) is 37.0. The Labute approximate surface area is 304 Å². The number of nitrogens with zero attached hydrogens (tertiary/aromatic N) is 5. The predicted molar refractivity (Wildman–Crippen MR) is 193 cm³/mol. The van der Waals surface area contributed by atoms with Gasteiger partial charge in [0.2, 0.25) is 15.7 Å². The average molecular weight is 744 g/mol. The monoisotopic (exact) mass is 743 g/mol. The first-order chi connectivity index (χ1) is 24.9. The Balaban J connectivity index is 0.000000150. The van der Waals surface area contributed by atoms with Crippen molar-refractivity contribution < 1.29 is 26.4 Å². The van der Waals surface area contributed by atoms with E-state index in [1.54, 1.807) is 6.92 Å². The van der Waals surface area contributed by atoms with Crippen LogP contribution in [0, 0.1) is 25.4 Å². The molecule has 1 amide bonds. The minimum atomic E-state index is -3.82. The molecule has 0 unspecified atom stereocenters. The van der Waals surface area contributed by atoms with Gasteiger partial charge < -0.3 is 10.1 Å². The summed E-state index contributed by atoms with van der Waals surface area (Å²) in [5.41, 5.74) is 11.9. The highest BCUT2D eigenvalue weighted by Crippen LogP contribution is 2.40. The number of sulfonamides is 1. The molecule has 2 aromatic heterocycles. The molecule has 4 aromatic rings. The number of carbonyl (C=O) groups is 1. The average Bonchev–Trinajstić information content (AvgIpc) is 3.92. The highest BCUT2D eigenvalue weighted by Gasteiger charge is 2.28. The van der Waals surface area contributed by atoms with Crippen molar-refractivity contribution in [2.45, 2.75) is 101 Å². The van der Waals surface area contributed by atoms with Crippen molar-refractivity contribution in [3.05, 3.63) is 92.8 Å². The SMILES string of the molecule is Cc1nccnc1S(=O)(=O)CC(=O)Nc1c2c(cc3c1CCC3)CCC2.Cc1nccnc1S(N)(=O)=O.N#COc1c2c(cc3c1CCC3)CCC2. The summed E-state index contributed by atoms with van der Waals surface area (Å²) in [6.07, 6.45) is 20.3. The third kappa shape index (κ3) is 7.99. The van der Waals surface area contributed by atoms with Crippen LogP contribution in [0.3, 0.4) is 0 Å². The third-order valence-corrected chi connectivity index (χ3v) is 12.4. The largest absolute Gasteiger partial charge is 0.387 e. The number of aromatic nitrogens is 4. The summed E-state index contributed by atoms with van der Waals surface area (Å²) >= 11 is 0. The summed E-state index contributed by atoms with van der Waals surface area (Å²) in [6, 6.07) is 4.62. The summed E-state index contributed by atoms with van der Waals surface area (Å²) in [6.45, 7) is 3.11. The van der Waals surface area contributed by atoms with Crippen LogP contribution in [0.1, 0.15) is 81.6 Å². The summed E-state index contributed by atoms with van der Waals surface area (Å²) in [7, 11) is -7.53. The molecule has 0 saturated heterocycles. The molecule has 4 aliphatic carbocycles. The first kappa shape index (κ1) is 37.0. The van der Waals surface area contributed by atoms with E-state index in [-0.39, 0.29) is 10.1 Å². The van der Waals surface area contributed by atoms with Gasteiger partial charge >= 0.3 is 0 Å². The van der Waals surface area contributed by atoms with Crippen LogP contribution in [0.2, 0.25) is 0 Å². The maximum absolute atomic E-state index is 12.6. The molecule has 2 aromatic carbocycles. The number of hydrogen-bond donors (Lipinski definition) is 2. The second-order valence-corrected chi connectivity index (χ2v) is 16.7. The molecule has 15 heteroatoms. The molecule has 8 rings (SSSR count). The summed E-state index contributed by atoms with van der Waals surface area (Å²) in [4.78, 5) is 27.7. The van der Waals surface area contributed by atoms with Gasteiger partial charge in [-0.1, -0.05) is 12.1 Å². The van der Waals surface area contributed by atoms with Crippen LogP contribution in [0.5, 0.6) is 5.75 Å². The minimum Gasteiger partial charge on any atom is -0.387 e. The van der Waals surface area contributed by atoms with Gasteiger partial charge in [0.25, 0.3) is 16.3 Å². The number of amides is 1. The van der Waals surface area contributed by atoms with Crippen molar-refractivity contribution in [2.75, 3.05) is 11.1 Å². The molecular formula is C37H41N7O6S2. The molecule has 52 heavy (non-hydrogen) atoms. The molecule has 4 aliphatic rings. The summed E-state index contributed by atoms with van der Waals surface area (Å²) in [5, 5.41) is 16.2. The number of nitriles is 1. The molecule has 2 heterocycles. The first-order valence-electron chi connectivity index (χ1n) is 17.4. The van der Waals surface area contributed by atoms with Crippen molar-refractivity contribution in [3.63, 3.8) is 0 Å². The van der Waals surface area contributed by atoms with Crippen LogP contribution in [-0.4, -0.2) is 48.4 Å². The second-order valence-electron chi connectivity index (χ2n) is 13.4. The van der Waals surface area contributed by atoms with E-state index in [4.69, 9.17) is 15.1 Å². The van der Waals surface area contributed by atoms with Crippen LogP contribution >= 0.6 is 0 Å². The standard InChI is InChI=1S/C19H21N3O3S.C13H13NO.C5H7N3O2S/c1-12-19(21-9-8-20-12)26(24,25)11-17(23)22-18-15-6-2-4-13(15)10-14-5-3-7-16(14)18;14-8-15-13-11-5-1-3-9(11)7-10-4-2-6-12(10)13;1-4-5(11(6,9)10)8-3-2-7-4/h8-10H,2-7,11H2,1H3,(H,22,23);7H,1-6H2;2-3H,1H3,(H2,6,9,10). The Bertz CT molecular complexity index is 2240. The number of primary sulfonamides is 1. The molecule has 3 N–H and O–H groups in total. The van der Waals surface area contributed by atoms with Gasteiger partial charge in [0, 0.05) is 30.5 Å². The number of ether oxygens (including phenoxy) is 1. The topological polar surface area (TPSA) is 208 Å². The van der Waals surface area contributed by atoms with E-state index < -0.39 is 31.5 Å². The third-order valence-electron chi connectivity index (χ3n) is 9.86. The quantitative estimate of drug-likeness (QED) is 0.268. The number of sulfone groups is 1. The maximum Gasteiger partial charge on any atom is 0.292 e. The van der Waals surface area contributed by atoms with Crippen molar-refractivity contribution in [1.29, 1.82) is 5.26 Å². The lowest BCUT2D eigenvalue weighted by Gasteiger charge is -2.16. The normalized spacial score (nSPS) is 15.1. The van der Waals surface area contributed by atoms with Crippen molar-refractivity contribution >= 4 is 31.5 Å². The van der Waals surface area contributed by atoms with Gasteiger partial charge in [0.15, 0.2) is 10.1 Å². The van der Waals surface area contributed by atoms with Gasteiger partial charge in [0.05, 0.1) is 11.4 Å². The van der Waals surface area contributed by atoms with Crippen molar-refractivity contribution in [2.24, 2.45) is 5.14 Å². The molecular weight excluding hydrogens is 703 g/mol. The van der Waals surface area contributed by atoms with Gasteiger partial charge in [-0.2, -0.15) is 0 Å². The lowest BCUT2D eigenvalue weighted by Crippen LogP contribution is -2.25. The number of rotatable bonds is 6. The molecule has 0 spiro atoms. The first-order valence-corrected chi connectivity index (χ1v) is 20.6. The van der Waals surface area contributed by atoms with Gasteiger partial charge in [0.1, 0.15) is 11.5 Å². The van der Waals surface area contributed by atoms with E-state index >= 15 is 0 Å². The number of benzene rings is 2. The van der Waals surface area contributed by atoms with E-state index in [9.17, 15) is 21.6 Å². The molecule has 272 valence electrons. The predicted octanol–water partition coefficient (Wildman–Crippen LogP) is 4.13. The van der Waals surface area contributed by atoms with Crippen LogP contribution in [0.25, 0.3) is 0 Å². The van der Waals surface area contributed by atoms with Gasteiger partial charge in [-0.05, 0) is 135 Å². The van der Waals surface area contributed by atoms with Crippen LogP contribution in [0.4, 0.5) is 5.69 Å². The number of fused-ring (bicyclic) bond motifs is 4. The van der Waals surface area contributed by atoms with Gasteiger partial charge in [-0.25, -0.2) is 31.9 Å². The van der Waals surface area contributed by atoms with Crippen molar-refractivity contribution in [3.8, 4) is 12.0 Å². The highest BCUT2D eigenvalue weighted by atomic mass is 32.2. The van der Waals surface area contributed by atoms with E-state index in [2.05, 4.69) is 37.4 Å². The summed E-state index contributed by atoms with van der Waals surface area (Å²) < 4.78 is 51.8. The molecule has 0 radical (unpaired) electrons. The number of anilines is 1. The molecule has 0 atom stereocenters. The van der Waals surface area contributed by atoms with Crippen LogP contribution in [0.15, 0.2) is 47.0 Å². The lowest BCUT2D eigenvalue weighted by atomic mass is 9.98. The minimum absolute atomic E-state index is 0.126. The Morgan fingerprint density at radius 2 is 1.13 bits per heavy atom. The molecule has 0 bridgehead atoms. The number of aryl methyl sites for hydroxylation is 6. The van der Waals surface area contributed by atoms with E-state index in [1.807, 2.05) is 6.26 Å².